The second-order valence-corrected chi connectivity index (χ2v) is 7.63. The Morgan fingerprint density at radius 2 is 1.86 bits per heavy atom. The van der Waals surface area contributed by atoms with Crippen LogP contribution in [0.15, 0.2) is 65.8 Å². The first-order chi connectivity index (χ1) is 14.2. The first-order valence-electron chi connectivity index (χ1n) is 9.18. The number of carbonyl (C=O) groups is 1. The predicted molar refractivity (Wildman–Crippen MR) is 109 cm³/mol. The van der Waals surface area contributed by atoms with E-state index < -0.39 is 0 Å². The van der Waals surface area contributed by atoms with Crippen molar-refractivity contribution in [3.63, 3.8) is 0 Å². The van der Waals surface area contributed by atoms with Crippen LogP contribution in [0, 0.1) is 5.82 Å². The zero-order chi connectivity index (χ0) is 19.8. The molecule has 6 nitrogen and oxygen atoms in total. The summed E-state index contributed by atoms with van der Waals surface area (Å²) < 4.78 is 14.8. The molecular formula is C21H16FN5OS. The van der Waals surface area contributed by atoms with Gasteiger partial charge in [-0.1, -0.05) is 30.0 Å². The van der Waals surface area contributed by atoms with Gasteiger partial charge in [0.05, 0.1) is 11.4 Å². The summed E-state index contributed by atoms with van der Waals surface area (Å²) in [6.07, 6.45) is 0.878. The zero-order valence-corrected chi connectivity index (χ0v) is 16.1. The number of thioether (sulfide) groups is 1. The van der Waals surface area contributed by atoms with Gasteiger partial charge in [-0.25, -0.2) is 4.39 Å². The maximum atomic E-state index is 13.2. The third-order valence-electron chi connectivity index (χ3n) is 4.89. The van der Waals surface area contributed by atoms with Gasteiger partial charge in [0.2, 0.25) is 11.1 Å². The van der Waals surface area contributed by atoms with Gasteiger partial charge in [0.15, 0.2) is 5.65 Å². The molecule has 144 valence electrons. The predicted octanol–water partition coefficient (Wildman–Crippen LogP) is 3.61. The van der Waals surface area contributed by atoms with E-state index in [1.807, 2.05) is 29.2 Å². The van der Waals surface area contributed by atoms with Crippen molar-refractivity contribution in [3.05, 3.63) is 72.0 Å². The minimum Gasteiger partial charge on any atom is -0.311 e. The van der Waals surface area contributed by atoms with Crippen LogP contribution < -0.4 is 4.90 Å². The minimum absolute atomic E-state index is 0.0337. The van der Waals surface area contributed by atoms with E-state index in [9.17, 15) is 9.18 Å². The van der Waals surface area contributed by atoms with E-state index in [2.05, 4.69) is 21.4 Å². The molecule has 0 N–H and O–H groups in total. The fourth-order valence-corrected chi connectivity index (χ4v) is 4.20. The Bertz CT molecular complexity index is 1210. The van der Waals surface area contributed by atoms with Crippen molar-refractivity contribution in [1.29, 1.82) is 0 Å². The molecule has 0 bridgehead atoms. The lowest BCUT2D eigenvalue weighted by Gasteiger charge is -2.16. The van der Waals surface area contributed by atoms with Crippen LogP contribution in [0.5, 0.6) is 0 Å². The Hall–Kier alpha value is -3.26. The van der Waals surface area contributed by atoms with Crippen molar-refractivity contribution in [2.24, 2.45) is 0 Å². The van der Waals surface area contributed by atoms with Crippen LogP contribution in [0.25, 0.3) is 16.9 Å². The van der Waals surface area contributed by atoms with Gasteiger partial charge in [-0.3, -0.25) is 4.79 Å². The van der Waals surface area contributed by atoms with Gasteiger partial charge < -0.3 is 4.90 Å². The molecule has 2 aromatic carbocycles. The molecule has 0 spiro atoms. The van der Waals surface area contributed by atoms with Crippen LogP contribution >= 0.6 is 11.8 Å². The second kappa shape index (κ2) is 7.29. The number of aromatic nitrogens is 4. The quantitative estimate of drug-likeness (QED) is 0.486. The molecule has 29 heavy (non-hydrogen) atoms. The van der Waals surface area contributed by atoms with Gasteiger partial charge in [-0.2, -0.15) is 9.61 Å². The van der Waals surface area contributed by atoms with Crippen molar-refractivity contribution >= 4 is 29.0 Å². The highest BCUT2D eigenvalue weighted by Crippen LogP contribution is 2.29. The Morgan fingerprint density at radius 3 is 2.72 bits per heavy atom. The highest BCUT2D eigenvalue weighted by molar-refractivity contribution is 7.99. The van der Waals surface area contributed by atoms with Crippen LogP contribution in [0.4, 0.5) is 10.1 Å². The molecule has 0 fully saturated rings. The maximum absolute atomic E-state index is 13.2. The number of hydrogen-bond donors (Lipinski definition) is 0. The molecule has 4 aromatic rings. The lowest BCUT2D eigenvalue weighted by atomic mass is 10.1. The molecule has 0 saturated carbocycles. The molecule has 0 aliphatic carbocycles. The van der Waals surface area contributed by atoms with E-state index in [0.29, 0.717) is 23.0 Å². The number of anilines is 1. The largest absolute Gasteiger partial charge is 0.311 e. The normalized spacial score (nSPS) is 13.1. The van der Waals surface area contributed by atoms with Crippen LogP contribution in [0.1, 0.15) is 5.56 Å². The number of amides is 1. The summed E-state index contributed by atoms with van der Waals surface area (Å²) in [6, 6.07) is 17.8. The van der Waals surface area contributed by atoms with E-state index >= 15 is 0 Å². The fourth-order valence-electron chi connectivity index (χ4n) is 3.44. The Balaban J connectivity index is 1.36. The lowest BCUT2D eigenvalue weighted by Crippen LogP contribution is -2.30. The molecular weight excluding hydrogens is 389 g/mol. The smallest absolute Gasteiger partial charge is 0.237 e. The monoisotopic (exact) mass is 405 g/mol. The van der Waals surface area contributed by atoms with E-state index in [0.717, 1.165) is 17.7 Å². The van der Waals surface area contributed by atoms with Crippen LogP contribution in [-0.4, -0.2) is 38.0 Å². The number of para-hydroxylation sites is 1. The standard InChI is InChI=1S/C21H16FN5OS/c22-16-7-5-14(6-8-16)17-9-10-19-23-24-21(27(19)25-17)29-13-20(28)26-12-11-15-3-1-2-4-18(15)26/h1-10H,11-13H2. The van der Waals surface area contributed by atoms with E-state index in [4.69, 9.17) is 0 Å². The molecule has 0 saturated heterocycles. The first-order valence-corrected chi connectivity index (χ1v) is 10.2. The number of carbonyl (C=O) groups excluding carboxylic acids is 1. The number of fused-ring (bicyclic) bond motifs is 2. The van der Waals surface area contributed by atoms with Crippen LogP contribution in [0.3, 0.4) is 0 Å². The van der Waals surface area contributed by atoms with E-state index in [1.165, 1.54) is 29.5 Å². The summed E-state index contributed by atoms with van der Waals surface area (Å²) in [5.74, 6) is -0.0128. The molecule has 5 rings (SSSR count). The molecule has 2 aromatic heterocycles. The van der Waals surface area contributed by atoms with Crippen molar-refractivity contribution < 1.29 is 9.18 Å². The Kier molecular flexibility index (Phi) is 4.48. The summed E-state index contributed by atoms with van der Waals surface area (Å²) >= 11 is 1.31. The lowest BCUT2D eigenvalue weighted by molar-refractivity contribution is -0.116. The van der Waals surface area contributed by atoms with Gasteiger partial charge in [0.1, 0.15) is 5.82 Å². The average molecular weight is 405 g/mol. The third-order valence-corrected chi connectivity index (χ3v) is 5.79. The number of rotatable bonds is 4. The van der Waals surface area contributed by atoms with Gasteiger partial charge in [0, 0.05) is 17.8 Å². The van der Waals surface area contributed by atoms with Crippen molar-refractivity contribution in [3.8, 4) is 11.3 Å². The number of halogens is 1. The van der Waals surface area contributed by atoms with Gasteiger partial charge in [-0.05, 0) is 54.4 Å². The zero-order valence-electron chi connectivity index (χ0n) is 15.3. The van der Waals surface area contributed by atoms with Gasteiger partial charge in [-0.15, -0.1) is 10.2 Å². The van der Waals surface area contributed by atoms with E-state index in [1.54, 1.807) is 22.7 Å². The molecule has 0 atom stereocenters. The fraction of sp³-hybridized carbons (Fsp3) is 0.143. The molecule has 1 amide bonds. The van der Waals surface area contributed by atoms with Crippen LogP contribution in [0.2, 0.25) is 0 Å². The highest BCUT2D eigenvalue weighted by Gasteiger charge is 2.24. The first kappa shape index (κ1) is 17.8. The highest BCUT2D eigenvalue weighted by atomic mass is 32.2. The molecule has 8 heteroatoms. The summed E-state index contributed by atoms with van der Waals surface area (Å²) in [5.41, 5.74) is 4.25. The summed E-state index contributed by atoms with van der Waals surface area (Å²) in [6.45, 7) is 0.701. The van der Waals surface area contributed by atoms with Crippen LogP contribution in [-0.2, 0) is 11.2 Å². The SMILES string of the molecule is O=C(CSc1nnc2ccc(-c3ccc(F)cc3)nn12)N1CCc2ccccc21. The number of hydrogen-bond acceptors (Lipinski definition) is 5. The van der Waals surface area contributed by atoms with Crippen molar-refractivity contribution in [1.82, 2.24) is 19.8 Å². The molecule has 0 unspecified atom stereocenters. The van der Waals surface area contributed by atoms with Crippen molar-refractivity contribution in [2.45, 2.75) is 11.6 Å². The number of benzene rings is 2. The number of nitrogens with zero attached hydrogens (tertiary/aromatic N) is 5. The van der Waals surface area contributed by atoms with E-state index in [-0.39, 0.29) is 17.5 Å². The molecule has 1 aliphatic rings. The second-order valence-electron chi connectivity index (χ2n) is 6.69. The van der Waals surface area contributed by atoms with Gasteiger partial charge in [0.25, 0.3) is 0 Å². The minimum atomic E-state index is -0.294. The summed E-state index contributed by atoms with van der Waals surface area (Å²) in [7, 11) is 0. The Morgan fingerprint density at radius 1 is 1.03 bits per heavy atom. The maximum Gasteiger partial charge on any atom is 0.237 e. The van der Waals surface area contributed by atoms with Crippen molar-refractivity contribution in [2.75, 3.05) is 17.2 Å². The average Bonchev–Trinajstić information content (AvgIpc) is 3.36. The molecule has 3 heterocycles. The summed E-state index contributed by atoms with van der Waals surface area (Å²) in [5, 5.41) is 13.4. The summed E-state index contributed by atoms with van der Waals surface area (Å²) in [4.78, 5) is 14.6. The topological polar surface area (TPSA) is 63.4 Å². The van der Waals surface area contributed by atoms with Gasteiger partial charge >= 0.3 is 0 Å². The molecule has 0 radical (unpaired) electrons. The molecule has 1 aliphatic heterocycles. The Labute approximate surface area is 170 Å². The third kappa shape index (κ3) is 3.36.